The summed E-state index contributed by atoms with van der Waals surface area (Å²) in [4.78, 5) is 6.26. The molecule has 5 heteroatoms. The molecule has 1 aromatic rings. The van der Waals surface area contributed by atoms with E-state index in [0.717, 1.165) is 38.6 Å². The van der Waals surface area contributed by atoms with Crippen LogP contribution in [0.5, 0.6) is 0 Å². The highest BCUT2D eigenvalue weighted by atomic mass is 35.5. The number of hydrogen-bond donors (Lipinski definition) is 1. The first-order valence-corrected chi connectivity index (χ1v) is 7.33. The van der Waals surface area contributed by atoms with Gasteiger partial charge in [0.2, 0.25) is 0 Å². The van der Waals surface area contributed by atoms with Crippen LogP contribution in [0, 0.1) is 5.82 Å². The molecule has 0 radical (unpaired) electrons. The van der Waals surface area contributed by atoms with Crippen molar-refractivity contribution in [2.24, 2.45) is 5.73 Å². The van der Waals surface area contributed by atoms with Gasteiger partial charge < -0.3 is 10.6 Å². The van der Waals surface area contributed by atoms with Gasteiger partial charge in [-0.15, -0.1) is 0 Å². The molecule has 1 aliphatic carbocycles. The van der Waals surface area contributed by atoms with Crippen molar-refractivity contribution in [1.29, 1.82) is 0 Å². The lowest BCUT2D eigenvalue weighted by molar-refractivity contribution is 0.371. The molecule has 2 rings (SSSR count). The lowest BCUT2D eigenvalue weighted by Gasteiger charge is -2.37. The quantitative estimate of drug-likeness (QED) is 0.922. The zero-order valence-corrected chi connectivity index (χ0v) is 12.0. The molecule has 0 aliphatic heterocycles. The largest absolute Gasteiger partial charge is 0.351 e. The monoisotopic (exact) mass is 285 g/mol. The lowest BCUT2D eigenvalue weighted by atomic mass is 9.90. The van der Waals surface area contributed by atoms with Gasteiger partial charge in [-0.2, -0.15) is 0 Å². The van der Waals surface area contributed by atoms with Crippen molar-refractivity contribution in [2.75, 3.05) is 11.4 Å². The van der Waals surface area contributed by atoms with Crippen molar-refractivity contribution in [3.63, 3.8) is 0 Å². The van der Waals surface area contributed by atoms with Crippen LogP contribution in [-0.4, -0.2) is 23.6 Å². The van der Waals surface area contributed by atoms with E-state index in [1.54, 1.807) is 0 Å². The molecule has 1 aliphatic rings. The van der Waals surface area contributed by atoms with Gasteiger partial charge in [-0.3, -0.25) is 0 Å². The number of nitrogens with zero attached hydrogens (tertiary/aromatic N) is 2. The highest BCUT2D eigenvalue weighted by Crippen LogP contribution is 2.28. The van der Waals surface area contributed by atoms with Crippen molar-refractivity contribution in [3.8, 4) is 0 Å². The van der Waals surface area contributed by atoms with E-state index < -0.39 is 0 Å². The molecule has 1 aromatic heterocycles. The van der Waals surface area contributed by atoms with Gasteiger partial charge in [-0.25, -0.2) is 9.37 Å². The van der Waals surface area contributed by atoms with Gasteiger partial charge >= 0.3 is 0 Å². The Bertz CT molecular complexity index is 419. The highest BCUT2D eigenvalue weighted by molar-refractivity contribution is 6.30. The summed E-state index contributed by atoms with van der Waals surface area (Å²) < 4.78 is 14.0. The Hall–Kier alpha value is -0.870. The average Bonchev–Trinajstić information content (AvgIpc) is 2.38. The first kappa shape index (κ1) is 14.5. The molecule has 19 heavy (non-hydrogen) atoms. The molecule has 106 valence electrons. The third-order valence-electron chi connectivity index (χ3n) is 3.71. The van der Waals surface area contributed by atoms with Gasteiger partial charge in [-0.1, -0.05) is 18.5 Å². The van der Waals surface area contributed by atoms with Crippen LogP contribution in [0.15, 0.2) is 12.3 Å². The molecule has 1 heterocycles. The molecule has 0 unspecified atom stereocenters. The molecule has 0 atom stereocenters. The molecule has 0 saturated heterocycles. The fraction of sp³-hybridized carbons (Fsp3) is 0.643. The van der Waals surface area contributed by atoms with Gasteiger partial charge in [-0.05, 0) is 38.2 Å². The van der Waals surface area contributed by atoms with Crippen molar-refractivity contribution in [1.82, 2.24) is 4.98 Å². The zero-order valence-electron chi connectivity index (χ0n) is 11.3. The van der Waals surface area contributed by atoms with Gasteiger partial charge in [0.15, 0.2) is 11.6 Å². The first-order chi connectivity index (χ1) is 9.11. The summed E-state index contributed by atoms with van der Waals surface area (Å²) in [6.45, 7) is 2.90. The third kappa shape index (κ3) is 3.57. The summed E-state index contributed by atoms with van der Waals surface area (Å²) in [5, 5.41) is 0.336. The van der Waals surface area contributed by atoms with E-state index >= 15 is 0 Å². The summed E-state index contributed by atoms with van der Waals surface area (Å²) in [5.74, 6) is 0.0857. The third-order valence-corrected chi connectivity index (χ3v) is 3.91. The van der Waals surface area contributed by atoms with E-state index in [0.29, 0.717) is 22.9 Å². The Labute approximate surface area is 118 Å². The summed E-state index contributed by atoms with van der Waals surface area (Å²) in [7, 11) is 0. The van der Waals surface area contributed by atoms with Crippen molar-refractivity contribution < 1.29 is 4.39 Å². The molecule has 1 fully saturated rings. The molecule has 0 spiro atoms. The minimum atomic E-state index is -0.337. The molecule has 2 N–H and O–H groups in total. The normalized spacial score (nSPS) is 23.4. The summed E-state index contributed by atoms with van der Waals surface area (Å²) in [6, 6.07) is 1.96. The molecular weight excluding hydrogens is 265 g/mol. The minimum absolute atomic E-state index is 0.294. The fourth-order valence-corrected chi connectivity index (χ4v) is 2.88. The second-order valence-corrected chi connectivity index (χ2v) is 5.66. The summed E-state index contributed by atoms with van der Waals surface area (Å²) in [5.41, 5.74) is 5.93. The van der Waals surface area contributed by atoms with Crippen LogP contribution in [0.1, 0.15) is 39.0 Å². The Kier molecular flexibility index (Phi) is 4.99. The van der Waals surface area contributed by atoms with Gasteiger partial charge in [0.1, 0.15) is 0 Å². The van der Waals surface area contributed by atoms with Crippen molar-refractivity contribution >= 4 is 17.4 Å². The van der Waals surface area contributed by atoms with Crippen molar-refractivity contribution in [2.45, 2.75) is 51.1 Å². The SMILES string of the molecule is CCCN(c1ncc(Cl)cc1F)C1CCC(N)CC1. The molecule has 0 bridgehead atoms. The molecule has 1 saturated carbocycles. The predicted molar refractivity (Wildman–Crippen MR) is 77.1 cm³/mol. The van der Waals surface area contributed by atoms with Gasteiger partial charge in [0, 0.05) is 24.8 Å². The smallest absolute Gasteiger partial charge is 0.167 e. The molecule has 0 amide bonds. The van der Waals surface area contributed by atoms with E-state index in [1.165, 1.54) is 12.3 Å². The molecular formula is C14H21ClFN3. The van der Waals surface area contributed by atoms with E-state index in [-0.39, 0.29) is 5.82 Å². The Morgan fingerprint density at radius 3 is 2.68 bits per heavy atom. The minimum Gasteiger partial charge on any atom is -0.351 e. The predicted octanol–water partition coefficient (Wildman–Crippen LogP) is 3.36. The zero-order chi connectivity index (χ0) is 13.8. The number of halogens is 2. The van der Waals surface area contributed by atoms with Crippen LogP contribution in [0.3, 0.4) is 0 Å². The van der Waals surface area contributed by atoms with Gasteiger partial charge in [0.25, 0.3) is 0 Å². The standard InChI is InChI=1S/C14H21ClFN3/c1-2-7-19(12-5-3-11(17)4-6-12)14-13(16)8-10(15)9-18-14/h8-9,11-12H,2-7,17H2,1H3. The number of aromatic nitrogens is 1. The Morgan fingerprint density at radius 2 is 2.11 bits per heavy atom. The molecule has 0 aromatic carbocycles. The maximum atomic E-state index is 14.0. The van der Waals surface area contributed by atoms with Crippen LogP contribution < -0.4 is 10.6 Å². The van der Waals surface area contributed by atoms with E-state index in [1.807, 2.05) is 0 Å². The second-order valence-electron chi connectivity index (χ2n) is 5.22. The van der Waals surface area contributed by atoms with Crippen LogP contribution >= 0.6 is 11.6 Å². The number of nitrogens with two attached hydrogens (primary N) is 1. The van der Waals surface area contributed by atoms with E-state index in [4.69, 9.17) is 17.3 Å². The number of hydrogen-bond acceptors (Lipinski definition) is 3. The van der Waals surface area contributed by atoms with Crippen LogP contribution in [0.2, 0.25) is 5.02 Å². The second kappa shape index (κ2) is 6.53. The fourth-order valence-electron chi connectivity index (χ4n) is 2.73. The Balaban J connectivity index is 2.19. The average molecular weight is 286 g/mol. The van der Waals surface area contributed by atoms with Crippen LogP contribution in [0.25, 0.3) is 0 Å². The summed E-state index contributed by atoms with van der Waals surface area (Å²) in [6.07, 6.45) is 6.49. The van der Waals surface area contributed by atoms with Crippen molar-refractivity contribution in [3.05, 3.63) is 23.1 Å². The number of rotatable bonds is 4. The number of anilines is 1. The topological polar surface area (TPSA) is 42.2 Å². The van der Waals surface area contributed by atoms with E-state index in [2.05, 4.69) is 16.8 Å². The number of pyridine rings is 1. The lowest BCUT2D eigenvalue weighted by Crippen LogP contribution is -2.42. The van der Waals surface area contributed by atoms with Gasteiger partial charge in [0.05, 0.1) is 5.02 Å². The first-order valence-electron chi connectivity index (χ1n) is 6.95. The molecule has 3 nitrogen and oxygen atoms in total. The summed E-state index contributed by atoms with van der Waals surface area (Å²) >= 11 is 5.77. The Morgan fingerprint density at radius 1 is 1.42 bits per heavy atom. The maximum Gasteiger partial charge on any atom is 0.167 e. The van der Waals surface area contributed by atoms with Crippen LogP contribution in [-0.2, 0) is 0 Å². The van der Waals surface area contributed by atoms with Crippen LogP contribution in [0.4, 0.5) is 10.2 Å². The highest BCUT2D eigenvalue weighted by Gasteiger charge is 2.26. The maximum absolute atomic E-state index is 14.0. The van der Waals surface area contributed by atoms with E-state index in [9.17, 15) is 4.39 Å².